The Labute approximate surface area is 271 Å². The summed E-state index contributed by atoms with van der Waals surface area (Å²) in [6, 6.07) is 10.7. The summed E-state index contributed by atoms with van der Waals surface area (Å²) in [6.45, 7) is 9.61. The maximum Gasteiger partial charge on any atom is 0.145 e. The summed E-state index contributed by atoms with van der Waals surface area (Å²) in [6.07, 6.45) is 18.3. The molecule has 244 valence electrons. The molecule has 0 bridgehead atoms. The van der Waals surface area contributed by atoms with Gasteiger partial charge in [0.15, 0.2) is 0 Å². The van der Waals surface area contributed by atoms with E-state index in [1.807, 2.05) is 39.4 Å². The van der Waals surface area contributed by atoms with Crippen molar-refractivity contribution in [3.05, 3.63) is 59.4 Å². The van der Waals surface area contributed by atoms with Gasteiger partial charge in [0.25, 0.3) is 0 Å². The normalized spacial score (nSPS) is 11.5. The largest absolute Gasteiger partial charge is 0.497 e. The lowest BCUT2D eigenvalue weighted by atomic mass is 10.0. The van der Waals surface area contributed by atoms with Crippen LogP contribution in [0.1, 0.15) is 96.1 Å². The third-order valence-corrected chi connectivity index (χ3v) is 8.24. The second kappa shape index (κ2) is 18.2. The molecule has 0 amide bonds. The van der Waals surface area contributed by atoms with Crippen LogP contribution < -0.4 is 14.5 Å². The van der Waals surface area contributed by atoms with Gasteiger partial charge in [-0.25, -0.2) is 0 Å². The van der Waals surface area contributed by atoms with E-state index in [2.05, 4.69) is 63.9 Å². The van der Waals surface area contributed by atoms with Crippen molar-refractivity contribution in [2.45, 2.75) is 98.4 Å². The molecule has 0 radical (unpaired) electrons. The molecule has 2 aromatic carbocycles. The summed E-state index contributed by atoms with van der Waals surface area (Å²) in [5.74, 6) is 1.08. The zero-order valence-electron chi connectivity index (χ0n) is 28.7. The average molecular weight is 615 g/mol. The third-order valence-electron chi connectivity index (χ3n) is 8.24. The molecule has 45 heavy (non-hydrogen) atoms. The molecule has 0 saturated heterocycles. The number of methoxy groups -OCH3 is 1. The fourth-order valence-electron chi connectivity index (χ4n) is 5.79. The van der Waals surface area contributed by atoms with Crippen molar-refractivity contribution in [2.75, 3.05) is 37.5 Å². The molecule has 0 aliphatic carbocycles. The zero-order chi connectivity index (χ0) is 32.8. The van der Waals surface area contributed by atoms with Gasteiger partial charge in [0, 0.05) is 74.4 Å². The highest BCUT2D eigenvalue weighted by Crippen LogP contribution is 2.41. The van der Waals surface area contributed by atoms with Crippen molar-refractivity contribution in [3.8, 4) is 16.9 Å². The van der Waals surface area contributed by atoms with Crippen molar-refractivity contribution in [1.82, 2.24) is 9.78 Å². The number of aryl methyl sites for hydroxylation is 2. The molecule has 1 aromatic heterocycles. The van der Waals surface area contributed by atoms with E-state index in [1.165, 1.54) is 44.1 Å². The van der Waals surface area contributed by atoms with Crippen LogP contribution in [-0.2, 0) is 16.1 Å². The number of hydrogen-bond donors (Lipinski definition) is 0. The van der Waals surface area contributed by atoms with Crippen LogP contribution in [0.15, 0.2) is 48.3 Å². The van der Waals surface area contributed by atoms with Gasteiger partial charge in [-0.1, -0.05) is 51.5 Å². The molecule has 0 N–H and O–H groups in total. The van der Waals surface area contributed by atoms with E-state index in [4.69, 9.17) is 4.74 Å². The highest BCUT2D eigenvalue weighted by atomic mass is 16.5. The van der Waals surface area contributed by atoms with E-state index in [1.54, 1.807) is 14.0 Å². The summed E-state index contributed by atoms with van der Waals surface area (Å²) in [7, 11) is 5.72. The molecular weight excluding hydrogens is 560 g/mol. The second-order valence-electron chi connectivity index (χ2n) is 12.4. The fourth-order valence-corrected chi connectivity index (χ4v) is 5.79. The number of rotatable bonds is 20. The van der Waals surface area contributed by atoms with Crippen molar-refractivity contribution in [1.29, 1.82) is 0 Å². The monoisotopic (exact) mass is 614 g/mol. The molecule has 1 heterocycles. The fraction of sp³-hybridized carbons (Fsp3) is 0.500. The van der Waals surface area contributed by atoms with E-state index in [9.17, 15) is 9.59 Å². The van der Waals surface area contributed by atoms with E-state index < -0.39 is 0 Å². The molecule has 7 heteroatoms. The predicted molar refractivity (Wildman–Crippen MR) is 189 cm³/mol. The smallest absolute Gasteiger partial charge is 0.145 e. The van der Waals surface area contributed by atoms with Crippen LogP contribution in [0.25, 0.3) is 17.2 Å². The number of carbonyl (C=O) groups is 2. The van der Waals surface area contributed by atoms with E-state index in [0.717, 1.165) is 84.6 Å². The van der Waals surface area contributed by atoms with Crippen LogP contribution in [0.2, 0.25) is 0 Å². The first-order valence-electron chi connectivity index (χ1n) is 16.6. The number of nitrogens with zero attached hydrogens (tertiary/aromatic N) is 4. The minimum absolute atomic E-state index is 0.306. The Kier molecular flexibility index (Phi) is 14.4. The number of unbranched alkanes of at least 4 members (excludes halogenated alkanes) is 7. The standard InChI is InChI=1S/C38H54N4O3/c1-8-20-42(38-25-34(45-7)24-37(40(5)6)35(38)22-29(2)28-43)36-19-18-32(23-30(36)3)33-26-39-41(27-33)21-16-14-12-10-9-11-13-15-17-31(4)44/h18-19,22-28H,8-17,20-21H2,1-7H3/b29-22-. The Balaban J connectivity index is 1.73. The molecule has 0 unspecified atom stereocenters. The van der Waals surface area contributed by atoms with Crippen molar-refractivity contribution in [3.63, 3.8) is 0 Å². The number of allylic oxidation sites excluding steroid dienone is 1. The number of ether oxygens (including phenoxy) is 1. The molecule has 3 aromatic rings. The molecule has 0 fully saturated rings. The number of ketones is 1. The number of hydrogen-bond acceptors (Lipinski definition) is 6. The van der Waals surface area contributed by atoms with Gasteiger partial charge in [-0.05, 0) is 74.9 Å². The lowest BCUT2D eigenvalue weighted by Gasteiger charge is -2.31. The SMILES string of the molecule is CCCN(c1ccc(-c2cnn(CCCCCCCCCCC(C)=O)c2)cc1C)c1cc(OC)cc(N(C)C)c1/C=C(/C)C=O. The van der Waals surface area contributed by atoms with Gasteiger partial charge in [0.1, 0.15) is 17.8 Å². The van der Waals surface area contributed by atoms with E-state index in [0.29, 0.717) is 11.4 Å². The highest BCUT2D eigenvalue weighted by Gasteiger charge is 2.20. The summed E-state index contributed by atoms with van der Waals surface area (Å²) < 4.78 is 7.78. The molecule has 0 aliphatic rings. The summed E-state index contributed by atoms with van der Waals surface area (Å²) >= 11 is 0. The van der Waals surface area contributed by atoms with Crippen molar-refractivity contribution < 1.29 is 14.3 Å². The Hall–Kier alpha value is -3.87. The molecule has 7 nitrogen and oxygen atoms in total. The third kappa shape index (κ3) is 10.6. The number of benzene rings is 2. The van der Waals surface area contributed by atoms with Gasteiger partial charge < -0.3 is 19.3 Å². The number of aldehydes is 1. The first-order valence-corrected chi connectivity index (χ1v) is 16.6. The lowest BCUT2D eigenvalue weighted by Crippen LogP contribution is -2.21. The second-order valence-corrected chi connectivity index (χ2v) is 12.4. The minimum atomic E-state index is 0.306. The summed E-state index contributed by atoms with van der Waals surface area (Å²) in [5, 5.41) is 4.66. The number of carbonyl (C=O) groups excluding carboxylic acids is 2. The van der Waals surface area contributed by atoms with Gasteiger partial charge in [0.2, 0.25) is 0 Å². The quantitative estimate of drug-likeness (QED) is 0.0718. The van der Waals surface area contributed by atoms with Crippen molar-refractivity contribution >= 4 is 35.2 Å². The Morgan fingerprint density at radius 1 is 0.911 bits per heavy atom. The van der Waals surface area contributed by atoms with Crippen LogP contribution in [0.4, 0.5) is 17.1 Å². The van der Waals surface area contributed by atoms with Crippen LogP contribution in [-0.4, -0.2) is 49.6 Å². The first kappa shape index (κ1) is 35.6. The lowest BCUT2D eigenvalue weighted by molar-refractivity contribution is -0.117. The number of aromatic nitrogens is 2. The van der Waals surface area contributed by atoms with Gasteiger partial charge in [-0.3, -0.25) is 9.48 Å². The van der Waals surface area contributed by atoms with Gasteiger partial charge in [0.05, 0.1) is 19.0 Å². The van der Waals surface area contributed by atoms with Crippen LogP contribution in [0, 0.1) is 6.92 Å². The van der Waals surface area contributed by atoms with E-state index in [-0.39, 0.29) is 0 Å². The first-order chi connectivity index (χ1) is 21.7. The molecule has 0 spiro atoms. The molecular formula is C38H54N4O3. The molecule has 0 aliphatic heterocycles. The van der Waals surface area contributed by atoms with Gasteiger partial charge in [-0.15, -0.1) is 0 Å². The number of Topliss-reactive ketones (excluding diaryl/α,β-unsaturated/α-hetero) is 1. The van der Waals surface area contributed by atoms with Crippen molar-refractivity contribution in [2.24, 2.45) is 0 Å². The van der Waals surface area contributed by atoms with E-state index >= 15 is 0 Å². The predicted octanol–water partition coefficient (Wildman–Crippen LogP) is 9.18. The Morgan fingerprint density at radius 3 is 2.18 bits per heavy atom. The van der Waals surface area contributed by atoms with Crippen LogP contribution >= 0.6 is 0 Å². The zero-order valence-corrected chi connectivity index (χ0v) is 28.7. The van der Waals surface area contributed by atoms with Gasteiger partial charge in [-0.2, -0.15) is 5.10 Å². The Bertz CT molecular complexity index is 1420. The van der Waals surface area contributed by atoms with Crippen LogP contribution in [0.5, 0.6) is 5.75 Å². The summed E-state index contributed by atoms with van der Waals surface area (Å²) in [5.41, 5.74) is 8.25. The van der Waals surface area contributed by atoms with Gasteiger partial charge >= 0.3 is 0 Å². The topological polar surface area (TPSA) is 67.7 Å². The number of anilines is 3. The molecule has 3 rings (SSSR count). The minimum Gasteiger partial charge on any atom is -0.497 e. The maximum absolute atomic E-state index is 11.6. The average Bonchev–Trinajstić information content (AvgIpc) is 3.49. The molecule has 0 atom stereocenters. The molecule has 0 saturated carbocycles. The van der Waals surface area contributed by atoms with Crippen LogP contribution in [0.3, 0.4) is 0 Å². The highest BCUT2D eigenvalue weighted by molar-refractivity contribution is 5.91. The summed E-state index contributed by atoms with van der Waals surface area (Å²) in [4.78, 5) is 27.1. The maximum atomic E-state index is 11.6. The Morgan fingerprint density at radius 2 is 1.58 bits per heavy atom.